The number of hydrogen-bond acceptors (Lipinski definition) is 1. The number of aliphatic hydroxyl groups is 1. The van der Waals surface area contributed by atoms with Crippen LogP contribution in [0.4, 0.5) is 13.2 Å². The standard InChI is InChI=1S/C9H8ClF3O/c1-9(2,14)4-3-5(11)8(13)6(10)7(4)12/h3,14H,1-2H3. The van der Waals surface area contributed by atoms with Gasteiger partial charge in [-0.1, -0.05) is 11.6 Å². The van der Waals surface area contributed by atoms with E-state index in [0.29, 0.717) is 6.07 Å². The van der Waals surface area contributed by atoms with E-state index in [1.165, 1.54) is 13.8 Å². The molecule has 0 aromatic heterocycles. The lowest BCUT2D eigenvalue weighted by Gasteiger charge is -2.19. The van der Waals surface area contributed by atoms with E-state index in [0.717, 1.165) is 0 Å². The summed E-state index contributed by atoms with van der Waals surface area (Å²) in [5.41, 5.74) is -1.98. The molecule has 1 rings (SSSR count). The van der Waals surface area contributed by atoms with E-state index in [1.54, 1.807) is 0 Å². The van der Waals surface area contributed by atoms with Gasteiger partial charge in [-0.3, -0.25) is 0 Å². The molecule has 1 aromatic carbocycles. The molecule has 0 heterocycles. The van der Waals surface area contributed by atoms with Crippen molar-refractivity contribution in [3.8, 4) is 0 Å². The fourth-order valence-corrected chi connectivity index (χ4v) is 1.21. The van der Waals surface area contributed by atoms with E-state index in [4.69, 9.17) is 11.6 Å². The van der Waals surface area contributed by atoms with Crippen LogP contribution in [0.1, 0.15) is 19.4 Å². The van der Waals surface area contributed by atoms with Crippen molar-refractivity contribution in [1.82, 2.24) is 0 Å². The van der Waals surface area contributed by atoms with Crippen LogP contribution in [0.5, 0.6) is 0 Å². The third kappa shape index (κ3) is 1.86. The highest BCUT2D eigenvalue weighted by Gasteiger charge is 2.26. The van der Waals surface area contributed by atoms with Gasteiger partial charge in [0.05, 0.1) is 5.60 Å². The summed E-state index contributed by atoms with van der Waals surface area (Å²) in [5.74, 6) is -3.87. The quantitative estimate of drug-likeness (QED) is 0.574. The Balaban J connectivity index is 3.49. The van der Waals surface area contributed by atoms with E-state index in [-0.39, 0.29) is 5.56 Å². The zero-order valence-corrected chi connectivity index (χ0v) is 8.29. The van der Waals surface area contributed by atoms with Gasteiger partial charge in [0.2, 0.25) is 0 Å². The second-order valence-corrected chi connectivity index (χ2v) is 3.78. The Labute approximate surface area is 84.1 Å². The van der Waals surface area contributed by atoms with Gasteiger partial charge < -0.3 is 5.11 Å². The van der Waals surface area contributed by atoms with E-state index in [9.17, 15) is 18.3 Å². The summed E-state index contributed by atoms with van der Waals surface area (Å²) in [7, 11) is 0. The molecule has 14 heavy (non-hydrogen) atoms. The minimum atomic E-state index is -1.61. The minimum Gasteiger partial charge on any atom is -0.386 e. The average molecular weight is 225 g/mol. The van der Waals surface area contributed by atoms with Gasteiger partial charge in [0, 0.05) is 5.56 Å². The summed E-state index contributed by atoms with van der Waals surface area (Å²) in [6, 6.07) is 0.594. The highest BCUT2D eigenvalue weighted by Crippen LogP contribution is 2.30. The van der Waals surface area contributed by atoms with Gasteiger partial charge in [0.15, 0.2) is 17.5 Å². The van der Waals surface area contributed by atoms with E-state index >= 15 is 0 Å². The molecule has 0 amide bonds. The van der Waals surface area contributed by atoms with Crippen LogP contribution >= 0.6 is 11.6 Å². The Hall–Kier alpha value is -0.740. The van der Waals surface area contributed by atoms with Crippen LogP contribution in [0.15, 0.2) is 6.07 Å². The first kappa shape index (κ1) is 11.3. The fraction of sp³-hybridized carbons (Fsp3) is 0.333. The van der Waals surface area contributed by atoms with Crippen LogP contribution in [0.3, 0.4) is 0 Å². The highest BCUT2D eigenvalue weighted by molar-refractivity contribution is 6.31. The third-order valence-corrected chi connectivity index (χ3v) is 2.09. The zero-order chi connectivity index (χ0) is 11.1. The van der Waals surface area contributed by atoms with Crippen molar-refractivity contribution in [3.05, 3.63) is 34.1 Å². The number of hydrogen-bond donors (Lipinski definition) is 1. The molecule has 1 nitrogen and oxygen atoms in total. The monoisotopic (exact) mass is 224 g/mol. The second kappa shape index (κ2) is 3.44. The molecule has 0 unspecified atom stereocenters. The molecule has 0 radical (unpaired) electrons. The van der Waals surface area contributed by atoms with Crippen molar-refractivity contribution < 1.29 is 18.3 Å². The van der Waals surface area contributed by atoms with Gasteiger partial charge in [-0.25, -0.2) is 13.2 Å². The molecule has 0 aliphatic rings. The molecule has 0 saturated heterocycles. The topological polar surface area (TPSA) is 20.2 Å². The largest absolute Gasteiger partial charge is 0.386 e. The summed E-state index contributed by atoms with van der Waals surface area (Å²) in [6.07, 6.45) is 0. The van der Waals surface area contributed by atoms with E-state index < -0.39 is 28.1 Å². The van der Waals surface area contributed by atoms with Crippen molar-refractivity contribution in [2.24, 2.45) is 0 Å². The van der Waals surface area contributed by atoms with Gasteiger partial charge in [-0.15, -0.1) is 0 Å². The summed E-state index contributed by atoms with van der Waals surface area (Å²) < 4.78 is 38.8. The van der Waals surface area contributed by atoms with Gasteiger partial charge in [-0.2, -0.15) is 0 Å². The smallest absolute Gasteiger partial charge is 0.180 e. The van der Waals surface area contributed by atoms with Gasteiger partial charge in [-0.05, 0) is 19.9 Å². The predicted octanol–water partition coefficient (Wildman–Crippen LogP) is 2.98. The molecule has 0 aliphatic carbocycles. The third-order valence-electron chi connectivity index (χ3n) is 1.76. The molecular weight excluding hydrogens is 217 g/mol. The SMILES string of the molecule is CC(C)(O)c1cc(F)c(F)c(Cl)c1F. The summed E-state index contributed by atoms with van der Waals surface area (Å²) in [4.78, 5) is 0. The maximum absolute atomic E-state index is 13.2. The number of benzene rings is 1. The highest BCUT2D eigenvalue weighted by atomic mass is 35.5. The molecule has 0 saturated carbocycles. The molecule has 78 valence electrons. The lowest BCUT2D eigenvalue weighted by molar-refractivity contribution is 0.0739. The molecule has 0 fully saturated rings. The lowest BCUT2D eigenvalue weighted by atomic mass is 9.97. The number of rotatable bonds is 1. The summed E-state index contributed by atoms with van der Waals surface area (Å²) in [5, 5.41) is 8.48. The van der Waals surface area contributed by atoms with Crippen LogP contribution in [-0.4, -0.2) is 5.11 Å². The fourth-order valence-electron chi connectivity index (χ4n) is 1.02. The van der Waals surface area contributed by atoms with Crippen molar-refractivity contribution >= 4 is 11.6 Å². The molecule has 5 heteroatoms. The van der Waals surface area contributed by atoms with Crippen LogP contribution in [0, 0.1) is 17.5 Å². The van der Waals surface area contributed by atoms with Crippen LogP contribution in [0.2, 0.25) is 5.02 Å². The first-order chi connectivity index (χ1) is 6.25. The van der Waals surface area contributed by atoms with Crippen LogP contribution in [-0.2, 0) is 5.60 Å². The number of halogens is 4. The Bertz CT molecular complexity index is 371. The summed E-state index contributed by atoms with van der Waals surface area (Å²) >= 11 is 5.19. The van der Waals surface area contributed by atoms with Gasteiger partial charge in [0.1, 0.15) is 5.02 Å². The second-order valence-electron chi connectivity index (χ2n) is 3.41. The molecule has 0 atom stereocenters. The van der Waals surface area contributed by atoms with E-state index in [1.807, 2.05) is 0 Å². The molecule has 1 aromatic rings. The first-order valence-corrected chi connectivity index (χ1v) is 4.18. The Morgan fingerprint density at radius 3 is 2.14 bits per heavy atom. The average Bonchev–Trinajstić information content (AvgIpc) is 2.06. The predicted molar refractivity (Wildman–Crippen MR) is 46.6 cm³/mol. The van der Waals surface area contributed by atoms with Crippen LogP contribution < -0.4 is 0 Å². The van der Waals surface area contributed by atoms with Crippen molar-refractivity contribution in [2.45, 2.75) is 19.4 Å². The molecule has 0 spiro atoms. The molecule has 0 bridgehead atoms. The maximum atomic E-state index is 13.2. The van der Waals surface area contributed by atoms with Crippen molar-refractivity contribution in [3.63, 3.8) is 0 Å². The van der Waals surface area contributed by atoms with Gasteiger partial charge in [0.25, 0.3) is 0 Å². The molecule has 1 N–H and O–H groups in total. The molecule has 0 aliphatic heterocycles. The summed E-state index contributed by atoms with van der Waals surface area (Å²) in [6.45, 7) is 2.50. The zero-order valence-electron chi connectivity index (χ0n) is 7.54. The van der Waals surface area contributed by atoms with Gasteiger partial charge >= 0.3 is 0 Å². The minimum absolute atomic E-state index is 0.374. The first-order valence-electron chi connectivity index (χ1n) is 3.81. The van der Waals surface area contributed by atoms with E-state index in [2.05, 4.69) is 0 Å². The Morgan fingerprint density at radius 1 is 1.21 bits per heavy atom. The van der Waals surface area contributed by atoms with Crippen molar-refractivity contribution in [1.29, 1.82) is 0 Å². The normalized spacial score (nSPS) is 11.9. The molecular formula is C9H8ClF3O. The Kier molecular flexibility index (Phi) is 2.78. The van der Waals surface area contributed by atoms with Crippen LogP contribution in [0.25, 0.3) is 0 Å². The lowest BCUT2D eigenvalue weighted by Crippen LogP contribution is -2.18. The maximum Gasteiger partial charge on any atom is 0.180 e. The van der Waals surface area contributed by atoms with Crippen molar-refractivity contribution in [2.75, 3.05) is 0 Å². The Morgan fingerprint density at radius 2 is 1.71 bits per heavy atom.